The first-order chi connectivity index (χ1) is 11.2. The van der Waals surface area contributed by atoms with Crippen molar-refractivity contribution in [3.8, 4) is 11.3 Å². The highest BCUT2D eigenvalue weighted by atomic mass is 35.5. The van der Waals surface area contributed by atoms with Gasteiger partial charge in [0.25, 0.3) is 0 Å². The van der Waals surface area contributed by atoms with Crippen molar-refractivity contribution in [1.29, 1.82) is 0 Å². The molecule has 0 unspecified atom stereocenters. The number of nitrogens with zero attached hydrogens (tertiary/aromatic N) is 4. The molecule has 0 saturated carbocycles. The Morgan fingerprint density at radius 2 is 1.91 bits per heavy atom. The summed E-state index contributed by atoms with van der Waals surface area (Å²) in [5, 5.41) is 13.4. The van der Waals surface area contributed by atoms with Crippen molar-refractivity contribution in [3.63, 3.8) is 0 Å². The minimum atomic E-state index is 0.707. The van der Waals surface area contributed by atoms with Crippen LogP contribution in [0.4, 0.5) is 5.82 Å². The van der Waals surface area contributed by atoms with Crippen LogP contribution in [0.25, 0.3) is 11.3 Å². The molecule has 1 aromatic carbocycles. The lowest BCUT2D eigenvalue weighted by molar-refractivity contribution is 0.424. The number of fused-ring (bicyclic) bond motifs is 1. The molecular weight excluding hydrogens is 312 g/mol. The van der Waals surface area contributed by atoms with E-state index in [-0.39, 0.29) is 0 Å². The minimum absolute atomic E-state index is 0.707. The Hall–Kier alpha value is -2.40. The quantitative estimate of drug-likeness (QED) is 0.719. The van der Waals surface area contributed by atoms with E-state index in [0.29, 0.717) is 11.6 Å². The number of halogens is 1. The third-order valence-corrected chi connectivity index (χ3v) is 4.30. The molecule has 0 bridgehead atoms. The average Bonchev–Trinajstić information content (AvgIpc) is 2.99. The van der Waals surface area contributed by atoms with Gasteiger partial charge >= 0.3 is 0 Å². The SMILES string of the molecule is Cc1ccc(N2CCc3noc(-c4ccc(Cl)cc4)c3C2)nn1. The second kappa shape index (κ2) is 5.66. The van der Waals surface area contributed by atoms with Crippen molar-refractivity contribution < 1.29 is 4.52 Å². The van der Waals surface area contributed by atoms with E-state index in [4.69, 9.17) is 16.1 Å². The monoisotopic (exact) mass is 326 g/mol. The normalized spacial score (nSPS) is 13.9. The summed E-state index contributed by atoms with van der Waals surface area (Å²) in [6.45, 7) is 3.51. The van der Waals surface area contributed by atoms with Crippen LogP contribution < -0.4 is 4.90 Å². The molecule has 3 aromatic rings. The van der Waals surface area contributed by atoms with Crippen LogP contribution in [0, 0.1) is 6.92 Å². The zero-order chi connectivity index (χ0) is 15.8. The van der Waals surface area contributed by atoms with E-state index >= 15 is 0 Å². The maximum Gasteiger partial charge on any atom is 0.172 e. The number of anilines is 1. The summed E-state index contributed by atoms with van der Waals surface area (Å²) in [5.74, 6) is 1.69. The van der Waals surface area contributed by atoms with Crippen molar-refractivity contribution in [3.05, 3.63) is 58.4 Å². The molecule has 0 aliphatic carbocycles. The highest BCUT2D eigenvalue weighted by Crippen LogP contribution is 2.32. The first-order valence-corrected chi connectivity index (χ1v) is 7.87. The summed E-state index contributed by atoms with van der Waals surface area (Å²) in [4.78, 5) is 2.20. The van der Waals surface area contributed by atoms with Gasteiger partial charge in [0, 0.05) is 29.1 Å². The molecule has 116 valence electrons. The van der Waals surface area contributed by atoms with Gasteiger partial charge in [-0.25, -0.2) is 0 Å². The lowest BCUT2D eigenvalue weighted by Gasteiger charge is -2.26. The molecule has 0 atom stereocenters. The van der Waals surface area contributed by atoms with E-state index in [2.05, 4.69) is 20.3 Å². The molecule has 3 heterocycles. The third-order valence-electron chi connectivity index (χ3n) is 4.05. The molecule has 0 amide bonds. The molecular formula is C17H15ClN4O. The van der Waals surface area contributed by atoms with Gasteiger partial charge in [0.1, 0.15) is 0 Å². The highest BCUT2D eigenvalue weighted by molar-refractivity contribution is 6.30. The van der Waals surface area contributed by atoms with Gasteiger partial charge in [-0.3, -0.25) is 0 Å². The molecule has 0 saturated heterocycles. The van der Waals surface area contributed by atoms with Gasteiger partial charge in [-0.15, -0.1) is 5.10 Å². The first kappa shape index (κ1) is 14.2. The fourth-order valence-electron chi connectivity index (χ4n) is 2.80. The van der Waals surface area contributed by atoms with Crippen LogP contribution in [0.3, 0.4) is 0 Å². The Morgan fingerprint density at radius 3 is 2.65 bits per heavy atom. The lowest BCUT2D eigenvalue weighted by Crippen LogP contribution is -2.31. The number of rotatable bonds is 2. The van der Waals surface area contributed by atoms with Gasteiger partial charge in [0.05, 0.1) is 17.9 Å². The highest BCUT2D eigenvalue weighted by Gasteiger charge is 2.25. The zero-order valence-corrected chi connectivity index (χ0v) is 13.4. The molecule has 2 aromatic heterocycles. The van der Waals surface area contributed by atoms with Gasteiger partial charge in [0.2, 0.25) is 0 Å². The van der Waals surface area contributed by atoms with Gasteiger partial charge in [0.15, 0.2) is 11.6 Å². The maximum atomic E-state index is 5.96. The summed E-state index contributed by atoms with van der Waals surface area (Å²) in [7, 11) is 0. The molecule has 1 aliphatic rings. The van der Waals surface area contributed by atoms with Gasteiger partial charge in [-0.05, 0) is 43.3 Å². The van der Waals surface area contributed by atoms with E-state index in [9.17, 15) is 0 Å². The smallest absolute Gasteiger partial charge is 0.172 e. The van der Waals surface area contributed by atoms with E-state index in [1.807, 2.05) is 43.3 Å². The van der Waals surface area contributed by atoms with Crippen LogP contribution in [0.15, 0.2) is 40.9 Å². The van der Waals surface area contributed by atoms with Crippen molar-refractivity contribution >= 4 is 17.4 Å². The maximum absolute atomic E-state index is 5.96. The molecule has 0 spiro atoms. The Morgan fingerprint density at radius 1 is 1.09 bits per heavy atom. The Labute approximate surface area is 138 Å². The molecule has 0 radical (unpaired) electrons. The molecule has 1 aliphatic heterocycles. The number of hydrogen-bond donors (Lipinski definition) is 0. The van der Waals surface area contributed by atoms with Crippen LogP contribution in [0.2, 0.25) is 5.02 Å². The predicted octanol–water partition coefficient (Wildman–Crippen LogP) is 3.66. The molecule has 23 heavy (non-hydrogen) atoms. The van der Waals surface area contributed by atoms with Gasteiger partial charge in [-0.1, -0.05) is 16.8 Å². The molecule has 6 heteroatoms. The van der Waals surface area contributed by atoms with Crippen molar-refractivity contribution in [1.82, 2.24) is 15.4 Å². The topological polar surface area (TPSA) is 55.1 Å². The van der Waals surface area contributed by atoms with Crippen LogP contribution >= 0.6 is 11.6 Å². The fourth-order valence-corrected chi connectivity index (χ4v) is 2.92. The molecule has 5 nitrogen and oxygen atoms in total. The molecule has 0 fully saturated rings. The van der Waals surface area contributed by atoms with E-state index in [1.165, 1.54) is 0 Å². The number of aryl methyl sites for hydroxylation is 1. The van der Waals surface area contributed by atoms with Crippen LogP contribution in [0.5, 0.6) is 0 Å². The summed E-state index contributed by atoms with van der Waals surface area (Å²) in [5.41, 5.74) is 4.03. The first-order valence-electron chi connectivity index (χ1n) is 7.49. The van der Waals surface area contributed by atoms with Crippen molar-refractivity contribution in [2.45, 2.75) is 19.9 Å². The van der Waals surface area contributed by atoms with E-state index in [0.717, 1.165) is 47.1 Å². The Bertz CT molecular complexity index is 827. The summed E-state index contributed by atoms with van der Waals surface area (Å²) in [6.07, 6.45) is 0.835. The van der Waals surface area contributed by atoms with E-state index < -0.39 is 0 Å². The number of hydrogen-bond acceptors (Lipinski definition) is 5. The molecule has 0 N–H and O–H groups in total. The minimum Gasteiger partial charge on any atom is -0.356 e. The third kappa shape index (κ3) is 2.68. The van der Waals surface area contributed by atoms with Gasteiger partial charge < -0.3 is 9.42 Å². The standard InChI is InChI=1S/C17H15ClN4O/c1-11-2-7-16(20-19-11)22-9-8-15-14(10-22)17(23-21-15)12-3-5-13(18)6-4-12/h2-7H,8-10H2,1H3. The molecule has 4 rings (SSSR count). The largest absolute Gasteiger partial charge is 0.356 e. The number of aromatic nitrogens is 3. The van der Waals surface area contributed by atoms with Crippen LogP contribution in [-0.4, -0.2) is 21.9 Å². The second-order valence-corrected chi connectivity index (χ2v) is 6.08. The van der Waals surface area contributed by atoms with E-state index in [1.54, 1.807) is 0 Å². The zero-order valence-electron chi connectivity index (χ0n) is 12.7. The van der Waals surface area contributed by atoms with Crippen LogP contribution in [0.1, 0.15) is 17.0 Å². The summed E-state index contributed by atoms with van der Waals surface area (Å²) < 4.78 is 5.59. The van der Waals surface area contributed by atoms with Crippen molar-refractivity contribution in [2.24, 2.45) is 0 Å². The summed E-state index contributed by atoms with van der Waals surface area (Å²) >= 11 is 5.96. The second-order valence-electron chi connectivity index (χ2n) is 5.65. The fraction of sp³-hybridized carbons (Fsp3) is 0.235. The van der Waals surface area contributed by atoms with Gasteiger partial charge in [-0.2, -0.15) is 5.10 Å². The van der Waals surface area contributed by atoms with Crippen LogP contribution in [-0.2, 0) is 13.0 Å². The number of benzene rings is 1. The summed E-state index contributed by atoms with van der Waals surface area (Å²) in [6, 6.07) is 11.6. The predicted molar refractivity (Wildman–Crippen MR) is 88.5 cm³/mol. The lowest BCUT2D eigenvalue weighted by atomic mass is 10.0. The average molecular weight is 327 g/mol. The Kier molecular flexibility index (Phi) is 3.50. The van der Waals surface area contributed by atoms with Crippen molar-refractivity contribution in [2.75, 3.05) is 11.4 Å². The Balaban J connectivity index is 1.67.